The Morgan fingerprint density at radius 3 is 2.45 bits per heavy atom. The normalized spacial score (nSPS) is 14.0. The number of piperidine rings is 1. The molecular weight excluding hydrogens is 530 g/mol. The van der Waals surface area contributed by atoms with Crippen LogP contribution in [-0.2, 0) is 0 Å². The smallest absolute Gasteiger partial charge is 0.326 e. The summed E-state index contributed by atoms with van der Waals surface area (Å²) in [5.74, 6) is 1.11. The Morgan fingerprint density at radius 1 is 0.975 bits per heavy atom. The number of carbonyl (C=O) groups is 1. The number of aromatic amines is 1. The van der Waals surface area contributed by atoms with Gasteiger partial charge in [0.25, 0.3) is 5.91 Å². The van der Waals surface area contributed by atoms with Crippen molar-refractivity contribution in [2.75, 3.05) is 27.3 Å². The van der Waals surface area contributed by atoms with E-state index in [2.05, 4.69) is 4.98 Å². The standard InChI is InChI=1S/C30H28ClN5O4/c1-39-22-11-12-23(28(17-22)40-2)25-18-27(36(33-25)21-9-7-19(31)8-10-21)29(37)34-15-13-20(14-16-34)35-26-6-4-3-5-24(26)32-30(35)38/h3-12,17-18,20H,13-16H2,1-2H3,(H,32,38). The first kappa shape index (κ1) is 25.8. The molecule has 0 spiro atoms. The minimum Gasteiger partial charge on any atom is -0.497 e. The summed E-state index contributed by atoms with van der Waals surface area (Å²) in [4.78, 5) is 31.4. The van der Waals surface area contributed by atoms with E-state index in [-0.39, 0.29) is 17.6 Å². The number of hydrogen-bond donors (Lipinski definition) is 1. The van der Waals surface area contributed by atoms with E-state index in [0.29, 0.717) is 59.5 Å². The molecule has 9 nitrogen and oxygen atoms in total. The molecule has 204 valence electrons. The SMILES string of the molecule is COc1ccc(-c2cc(C(=O)N3CCC(n4c(=O)[nH]c5ccccc54)CC3)n(-c3ccc(Cl)cc3)n2)c(OC)c1. The van der Waals surface area contributed by atoms with E-state index in [1.54, 1.807) is 43.2 Å². The number of nitrogens with one attached hydrogen (secondary N) is 1. The summed E-state index contributed by atoms with van der Waals surface area (Å²) in [6.45, 7) is 1.03. The van der Waals surface area contributed by atoms with E-state index in [1.165, 1.54) is 0 Å². The highest BCUT2D eigenvalue weighted by Crippen LogP contribution is 2.34. The number of para-hydroxylation sites is 2. The van der Waals surface area contributed by atoms with E-state index in [9.17, 15) is 9.59 Å². The van der Waals surface area contributed by atoms with Gasteiger partial charge in [-0.1, -0.05) is 23.7 Å². The Bertz CT molecular complexity index is 1750. The zero-order valence-electron chi connectivity index (χ0n) is 22.1. The number of benzene rings is 3. The highest BCUT2D eigenvalue weighted by molar-refractivity contribution is 6.30. The van der Waals surface area contributed by atoms with Crippen molar-refractivity contribution in [2.24, 2.45) is 0 Å². The number of H-pyrrole nitrogens is 1. The lowest BCUT2D eigenvalue weighted by Gasteiger charge is -2.32. The molecule has 6 rings (SSSR count). The Kier molecular flexibility index (Phi) is 6.81. The molecule has 1 aliphatic heterocycles. The minimum atomic E-state index is -0.133. The lowest BCUT2D eigenvalue weighted by Crippen LogP contribution is -2.41. The zero-order valence-corrected chi connectivity index (χ0v) is 22.9. The van der Waals surface area contributed by atoms with Crippen LogP contribution in [0.5, 0.6) is 11.5 Å². The second kappa shape index (κ2) is 10.6. The average Bonchev–Trinajstić information content (AvgIpc) is 3.58. The highest BCUT2D eigenvalue weighted by Gasteiger charge is 2.29. The number of imidazole rings is 1. The third-order valence-corrected chi connectivity index (χ3v) is 7.68. The zero-order chi connectivity index (χ0) is 27.8. The molecule has 0 radical (unpaired) electrons. The number of amides is 1. The molecule has 1 N–H and O–H groups in total. The first-order valence-corrected chi connectivity index (χ1v) is 13.4. The number of halogens is 1. The Hall–Kier alpha value is -4.50. The molecule has 3 heterocycles. The van der Waals surface area contributed by atoms with Crippen LogP contribution in [0.3, 0.4) is 0 Å². The predicted octanol–water partition coefficient (Wildman–Crippen LogP) is 5.33. The van der Waals surface area contributed by atoms with Crippen molar-refractivity contribution in [1.82, 2.24) is 24.2 Å². The van der Waals surface area contributed by atoms with Crippen LogP contribution in [0.25, 0.3) is 28.0 Å². The van der Waals surface area contributed by atoms with Crippen molar-refractivity contribution in [3.8, 4) is 28.4 Å². The van der Waals surface area contributed by atoms with E-state index >= 15 is 0 Å². The van der Waals surface area contributed by atoms with Crippen molar-refractivity contribution in [3.05, 3.63) is 94.0 Å². The van der Waals surface area contributed by atoms with Gasteiger partial charge in [-0.05, 0) is 67.4 Å². The van der Waals surface area contributed by atoms with Gasteiger partial charge in [-0.3, -0.25) is 9.36 Å². The number of likely N-dealkylation sites (tertiary alicyclic amines) is 1. The number of nitrogens with zero attached hydrogens (tertiary/aromatic N) is 4. The second-order valence-electron chi connectivity index (χ2n) is 9.71. The Balaban J connectivity index is 1.32. The summed E-state index contributed by atoms with van der Waals surface area (Å²) in [6, 6.07) is 22.2. The quantitative estimate of drug-likeness (QED) is 0.304. The van der Waals surface area contributed by atoms with Crippen molar-refractivity contribution in [3.63, 3.8) is 0 Å². The molecule has 5 aromatic rings. The molecule has 0 saturated carbocycles. The van der Waals surface area contributed by atoms with Crippen LogP contribution >= 0.6 is 11.6 Å². The summed E-state index contributed by atoms with van der Waals surface area (Å²) >= 11 is 6.14. The van der Waals surface area contributed by atoms with Crippen LogP contribution in [0.1, 0.15) is 29.4 Å². The lowest BCUT2D eigenvalue weighted by molar-refractivity contribution is 0.0685. The molecule has 3 aromatic carbocycles. The van der Waals surface area contributed by atoms with Gasteiger partial charge in [0, 0.05) is 35.8 Å². The summed E-state index contributed by atoms with van der Waals surface area (Å²) in [7, 11) is 3.18. The van der Waals surface area contributed by atoms with Gasteiger partial charge in [-0.25, -0.2) is 9.48 Å². The predicted molar refractivity (Wildman–Crippen MR) is 154 cm³/mol. The number of carbonyl (C=O) groups excluding carboxylic acids is 1. The molecule has 40 heavy (non-hydrogen) atoms. The first-order chi connectivity index (χ1) is 19.5. The van der Waals surface area contributed by atoms with Gasteiger partial charge in [-0.2, -0.15) is 5.10 Å². The van der Waals surface area contributed by atoms with Gasteiger partial charge >= 0.3 is 5.69 Å². The van der Waals surface area contributed by atoms with Gasteiger partial charge in [0.05, 0.1) is 36.6 Å². The molecule has 1 aliphatic rings. The fourth-order valence-corrected chi connectivity index (χ4v) is 5.51. The van der Waals surface area contributed by atoms with Crippen molar-refractivity contribution in [1.29, 1.82) is 0 Å². The molecule has 0 atom stereocenters. The summed E-state index contributed by atoms with van der Waals surface area (Å²) in [5, 5.41) is 5.41. The van der Waals surface area contributed by atoms with Gasteiger partial charge in [0.2, 0.25) is 0 Å². The molecule has 0 bridgehead atoms. The maximum Gasteiger partial charge on any atom is 0.326 e. The van der Waals surface area contributed by atoms with Gasteiger partial charge < -0.3 is 19.4 Å². The fourth-order valence-electron chi connectivity index (χ4n) is 5.38. The van der Waals surface area contributed by atoms with Gasteiger partial charge in [-0.15, -0.1) is 0 Å². The lowest BCUT2D eigenvalue weighted by atomic mass is 10.0. The largest absolute Gasteiger partial charge is 0.497 e. The molecule has 1 fully saturated rings. The Labute approximate surface area is 235 Å². The molecule has 1 saturated heterocycles. The highest BCUT2D eigenvalue weighted by atomic mass is 35.5. The number of ether oxygens (including phenoxy) is 2. The maximum atomic E-state index is 13.9. The molecular formula is C30H28ClN5O4. The maximum absolute atomic E-state index is 13.9. The van der Waals surface area contributed by atoms with Crippen LogP contribution < -0.4 is 15.2 Å². The number of aromatic nitrogens is 4. The number of methoxy groups -OCH3 is 2. The van der Waals surface area contributed by atoms with Crippen molar-refractivity contribution < 1.29 is 14.3 Å². The molecule has 0 unspecified atom stereocenters. The van der Waals surface area contributed by atoms with Crippen molar-refractivity contribution >= 4 is 28.5 Å². The second-order valence-corrected chi connectivity index (χ2v) is 10.1. The average molecular weight is 558 g/mol. The third kappa shape index (κ3) is 4.62. The van der Waals surface area contributed by atoms with Crippen LogP contribution in [0.4, 0.5) is 0 Å². The number of rotatable bonds is 6. The molecule has 10 heteroatoms. The number of hydrogen-bond acceptors (Lipinski definition) is 5. The molecule has 2 aromatic heterocycles. The van der Waals surface area contributed by atoms with Gasteiger partial charge in [0.1, 0.15) is 17.2 Å². The van der Waals surface area contributed by atoms with Crippen molar-refractivity contribution in [2.45, 2.75) is 18.9 Å². The monoisotopic (exact) mass is 557 g/mol. The van der Waals surface area contributed by atoms with Gasteiger partial charge in [0.15, 0.2) is 0 Å². The topological polar surface area (TPSA) is 94.4 Å². The van der Waals surface area contributed by atoms with Crippen LogP contribution in [0.15, 0.2) is 77.6 Å². The first-order valence-electron chi connectivity index (χ1n) is 13.0. The van der Waals surface area contributed by atoms with E-state index in [1.807, 2.05) is 58.0 Å². The van der Waals surface area contributed by atoms with Crippen LogP contribution in [0, 0.1) is 0 Å². The number of fused-ring (bicyclic) bond motifs is 1. The summed E-state index contributed by atoms with van der Waals surface area (Å²) in [5.41, 5.74) is 4.06. The molecule has 1 amide bonds. The van der Waals surface area contributed by atoms with E-state index in [4.69, 9.17) is 26.2 Å². The van der Waals surface area contributed by atoms with E-state index < -0.39 is 0 Å². The summed E-state index contributed by atoms with van der Waals surface area (Å²) in [6.07, 6.45) is 1.34. The minimum absolute atomic E-state index is 0.00740. The summed E-state index contributed by atoms with van der Waals surface area (Å²) < 4.78 is 14.4. The fraction of sp³-hybridized carbons (Fsp3) is 0.233. The Morgan fingerprint density at radius 2 is 1.73 bits per heavy atom. The van der Waals surface area contributed by atoms with Crippen LogP contribution in [-0.4, -0.2) is 57.4 Å². The molecule has 0 aliphatic carbocycles. The third-order valence-electron chi connectivity index (χ3n) is 7.43. The van der Waals surface area contributed by atoms with Crippen LogP contribution in [0.2, 0.25) is 5.02 Å². The van der Waals surface area contributed by atoms with E-state index in [0.717, 1.165) is 16.6 Å².